The van der Waals surface area contributed by atoms with Crippen LogP contribution in [-0.4, -0.2) is 21.8 Å². The van der Waals surface area contributed by atoms with Crippen LogP contribution in [0, 0.1) is 5.82 Å². The van der Waals surface area contributed by atoms with Gasteiger partial charge in [0, 0.05) is 11.3 Å². The molecule has 0 saturated heterocycles. The van der Waals surface area contributed by atoms with E-state index in [9.17, 15) is 9.18 Å². The van der Waals surface area contributed by atoms with Gasteiger partial charge in [0.2, 0.25) is 17.6 Å². The summed E-state index contributed by atoms with van der Waals surface area (Å²) in [5.74, 6) is 0.962. The highest BCUT2D eigenvalue weighted by atomic mass is 32.2. The zero-order valence-electron chi connectivity index (χ0n) is 14.2. The van der Waals surface area contributed by atoms with Crippen molar-refractivity contribution in [3.05, 3.63) is 65.8 Å². The third-order valence-corrected chi connectivity index (χ3v) is 4.57. The number of halogens is 1. The monoisotopic (exact) mass is 371 g/mol. The lowest BCUT2D eigenvalue weighted by Crippen LogP contribution is -2.14. The Hall–Kier alpha value is -2.67. The van der Waals surface area contributed by atoms with Crippen molar-refractivity contribution in [1.82, 2.24) is 10.1 Å². The first-order valence-electron chi connectivity index (χ1n) is 8.19. The molecule has 0 atom stereocenters. The summed E-state index contributed by atoms with van der Waals surface area (Å²) in [4.78, 5) is 16.2. The number of hydrogen-bond acceptors (Lipinski definition) is 5. The average molecular weight is 371 g/mol. The summed E-state index contributed by atoms with van der Waals surface area (Å²) < 4.78 is 18.4. The Morgan fingerprint density at radius 3 is 2.77 bits per heavy atom. The van der Waals surface area contributed by atoms with Crippen molar-refractivity contribution in [3.8, 4) is 11.4 Å². The summed E-state index contributed by atoms with van der Waals surface area (Å²) in [6.45, 7) is 2.08. The van der Waals surface area contributed by atoms with Gasteiger partial charge in [-0.1, -0.05) is 36.3 Å². The molecular weight excluding hydrogens is 353 g/mol. The molecule has 2 aromatic carbocycles. The van der Waals surface area contributed by atoms with E-state index in [1.807, 2.05) is 24.3 Å². The number of amides is 1. The number of carbonyl (C=O) groups is 1. The Balaban J connectivity index is 1.48. The van der Waals surface area contributed by atoms with Crippen LogP contribution < -0.4 is 5.32 Å². The second-order valence-electron chi connectivity index (χ2n) is 5.61. The van der Waals surface area contributed by atoms with E-state index in [1.54, 1.807) is 12.1 Å². The molecule has 7 heteroatoms. The van der Waals surface area contributed by atoms with Crippen molar-refractivity contribution >= 4 is 23.4 Å². The summed E-state index contributed by atoms with van der Waals surface area (Å²) in [5, 5.41) is 6.69. The van der Waals surface area contributed by atoms with Crippen LogP contribution in [0.4, 0.5) is 10.1 Å². The first-order chi connectivity index (χ1) is 12.6. The van der Waals surface area contributed by atoms with E-state index in [2.05, 4.69) is 22.4 Å². The molecule has 0 unspecified atom stereocenters. The number of benzene rings is 2. The van der Waals surface area contributed by atoms with Gasteiger partial charge in [-0.2, -0.15) is 4.98 Å². The van der Waals surface area contributed by atoms with E-state index in [1.165, 1.54) is 29.5 Å². The second-order valence-corrected chi connectivity index (χ2v) is 6.60. The van der Waals surface area contributed by atoms with E-state index in [4.69, 9.17) is 4.52 Å². The van der Waals surface area contributed by atoms with Gasteiger partial charge in [0.1, 0.15) is 5.82 Å². The highest BCUT2D eigenvalue weighted by molar-refractivity contribution is 7.99. The zero-order valence-corrected chi connectivity index (χ0v) is 15.1. The first kappa shape index (κ1) is 18.1. The number of hydrogen-bond donors (Lipinski definition) is 1. The molecule has 0 bridgehead atoms. The van der Waals surface area contributed by atoms with Gasteiger partial charge in [0.25, 0.3) is 0 Å². The van der Waals surface area contributed by atoms with Crippen LogP contribution in [0.2, 0.25) is 0 Å². The van der Waals surface area contributed by atoms with Crippen LogP contribution >= 0.6 is 11.8 Å². The van der Waals surface area contributed by atoms with Crippen molar-refractivity contribution in [2.24, 2.45) is 0 Å². The summed E-state index contributed by atoms with van der Waals surface area (Å²) >= 11 is 1.37. The SMILES string of the molecule is CCc1ccc(NC(=O)CSCc2nc(-c3cccc(F)c3)no2)cc1. The normalized spacial score (nSPS) is 10.7. The maximum Gasteiger partial charge on any atom is 0.236 e. The molecule has 1 N–H and O–H groups in total. The summed E-state index contributed by atoms with van der Waals surface area (Å²) in [5.41, 5.74) is 2.56. The number of aromatic nitrogens is 2. The molecule has 3 aromatic rings. The van der Waals surface area contributed by atoms with E-state index in [0.717, 1.165) is 12.1 Å². The van der Waals surface area contributed by atoms with Gasteiger partial charge in [0.05, 0.1) is 11.5 Å². The van der Waals surface area contributed by atoms with Gasteiger partial charge in [-0.25, -0.2) is 4.39 Å². The molecule has 3 rings (SSSR count). The van der Waals surface area contributed by atoms with Crippen LogP contribution in [0.15, 0.2) is 53.1 Å². The van der Waals surface area contributed by atoms with Gasteiger partial charge in [-0.3, -0.25) is 4.79 Å². The van der Waals surface area contributed by atoms with Crippen LogP contribution in [0.3, 0.4) is 0 Å². The smallest absolute Gasteiger partial charge is 0.236 e. The summed E-state index contributed by atoms with van der Waals surface area (Å²) in [6.07, 6.45) is 0.964. The van der Waals surface area contributed by atoms with Crippen molar-refractivity contribution in [1.29, 1.82) is 0 Å². The molecule has 0 spiro atoms. The van der Waals surface area contributed by atoms with Gasteiger partial charge in [0.15, 0.2) is 0 Å². The highest BCUT2D eigenvalue weighted by Crippen LogP contribution is 2.19. The number of rotatable bonds is 7. The molecule has 0 aliphatic rings. The lowest BCUT2D eigenvalue weighted by atomic mass is 10.1. The molecule has 1 amide bonds. The Morgan fingerprint density at radius 2 is 2.04 bits per heavy atom. The van der Waals surface area contributed by atoms with Crippen LogP contribution in [0.5, 0.6) is 0 Å². The predicted molar refractivity (Wildman–Crippen MR) is 100 cm³/mol. The quantitative estimate of drug-likeness (QED) is 0.670. The first-order valence-corrected chi connectivity index (χ1v) is 9.34. The second kappa shape index (κ2) is 8.62. The number of nitrogens with zero attached hydrogens (tertiary/aromatic N) is 2. The largest absolute Gasteiger partial charge is 0.338 e. The lowest BCUT2D eigenvalue weighted by molar-refractivity contribution is -0.113. The topological polar surface area (TPSA) is 68.0 Å². The molecule has 0 radical (unpaired) electrons. The molecule has 134 valence electrons. The number of aryl methyl sites for hydroxylation is 1. The minimum atomic E-state index is -0.355. The third-order valence-electron chi connectivity index (χ3n) is 3.66. The average Bonchev–Trinajstić information content (AvgIpc) is 3.11. The van der Waals surface area contributed by atoms with Crippen LogP contribution in [0.25, 0.3) is 11.4 Å². The van der Waals surface area contributed by atoms with E-state index >= 15 is 0 Å². The minimum Gasteiger partial charge on any atom is -0.338 e. The van der Waals surface area contributed by atoms with Crippen molar-refractivity contribution in [2.45, 2.75) is 19.1 Å². The predicted octanol–water partition coefficient (Wildman–Crippen LogP) is 4.31. The van der Waals surface area contributed by atoms with Gasteiger partial charge in [-0.05, 0) is 36.2 Å². The van der Waals surface area contributed by atoms with Crippen LogP contribution in [0.1, 0.15) is 18.4 Å². The molecule has 0 aliphatic heterocycles. The summed E-state index contributed by atoms with van der Waals surface area (Å²) in [6, 6.07) is 13.8. The van der Waals surface area contributed by atoms with Crippen LogP contribution in [-0.2, 0) is 17.0 Å². The number of thioether (sulfide) groups is 1. The number of anilines is 1. The number of carbonyl (C=O) groups excluding carboxylic acids is 1. The third kappa shape index (κ3) is 4.92. The number of nitrogens with one attached hydrogen (secondary N) is 1. The van der Waals surface area contributed by atoms with Crippen molar-refractivity contribution in [3.63, 3.8) is 0 Å². The van der Waals surface area contributed by atoms with Crippen molar-refractivity contribution in [2.75, 3.05) is 11.1 Å². The molecular formula is C19H18FN3O2S. The Kier molecular flexibility index (Phi) is 6.01. The summed E-state index contributed by atoms with van der Waals surface area (Å²) in [7, 11) is 0. The van der Waals surface area contributed by atoms with Crippen molar-refractivity contribution < 1.29 is 13.7 Å². The highest BCUT2D eigenvalue weighted by Gasteiger charge is 2.10. The molecule has 0 aliphatic carbocycles. The maximum absolute atomic E-state index is 13.2. The van der Waals surface area contributed by atoms with E-state index in [-0.39, 0.29) is 17.5 Å². The van der Waals surface area contributed by atoms with E-state index in [0.29, 0.717) is 23.0 Å². The van der Waals surface area contributed by atoms with Gasteiger partial charge >= 0.3 is 0 Å². The molecule has 1 heterocycles. The fourth-order valence-electron chi connectivity index (χ4n) is 2.31. The molecule has 1 aromatic heterocycles. The maximum atomic E-state index is 13.2. The Morgan fingerprint density at radius 1 is 1.23 bits per heavy atom. The molecule has 0 fully saturated rings. The van der Waals surface area contributed by atoms with Gasteiger partial charge in [-0.15, -0.1) is 11.8 Å². The Bertz CT molecular complexity index is 881. The fraction of sp³-hybridized carbons (Fsp3) is 0.211. The molecule has 26 heavy (non-hydrogen) atoms. The van der Waals surface area contributed by atoms with Gasteiger partial charge < -0.3 is 9.84 Å². The van der Waals surface area contributed by atoms with E-state index < -0.39 is 0 Å². The minimum absolute atomic E-state index is 0.0934. The molecule has 0 saturated carbocycles. The fourth-order valence-corrected chi connectivity index (χ4v) is 2.96. The lowest BCUT2D eigenvalue weighted by Gasteiger charge is -2.05. The molecule has 5 nitrogen and oxygen atoms in total. The Labute approximate surface area is 155 Å². The standard InChI is InChI=1S/C19H18FN3O2S/c1-2-13-6-8-16(9-7-13)21-17(24)11-26-12-18-22-19(23-25-18)14-4-3-5-15(20)10-14/h3-10H,2,11-12H2,1H3,(H,21,24). The zero-order chi connectivity index (χ0) is 18.4.